The van der Waals surface area contributed by atoms with Crippen LogP contribution in [-0.2, 0) is 20.7 Å². The van der Waals surface area contributed by atoms with Gasteiger partial charge in [0.25, 0.3) is 0 Å². The molecule has 0 saturated heterocycles. The number of hydrogen-bond donors (Lipinski definition) is 2. The molecule has 2 N–H and O–H groups in total. The predicted octanol–water partition coefficient (Wildman–Crippen LogP) is 2.34. The van der Waals surface area contributed by atoms with Crippen molar-refractivity contribution >= 4 is 23.5 Å². The average molecular weight is 412 g/mol. The molecule has 0 spiro atoms. The van der Waals surface area contributed by atoms with Gasteiger partial charge >= 0.3 is 5.97 Å². The number of benzene rings is 2. The summed E-state index contributed by atoms with van der Waals surface area (Å²) in [5.74, 6) is -0.0702. The summed E-state index contributed by atoms with van der Waals surface area (Å²) in [4.78, 5) is 34.9. The zero-order valence-electron chi connectivity index (χ0n) is 16.9. The molecule has 8 heteroatoms. The lowest BCUT2D eigenvalue weighted by atomic mass is 10.1. The number of methoxy groups -OCH3 is 2. The maximum Gasteiger partial charge on any atom is 0.337 e. The van der Waals surface area contributed by atoms with Gasteiger partial charge in [0.2, 0.25) is 11.8 Å². The molecule has 0 atom stereocenters. The molecule has 0 saturated carbocycles. The van der Waals surface area contributed by atoms with Crippen LogP contribution in [0.3, 0.4) is 0 Å². The van der Waals surface area contributed by atoms with Crippen LogP contribution in [0.15, 0.2) is 55.1 Å². The van der Waals surface area contributed by atoms with E-state index in [1.807, 2.05) is 0 Å². The Morgan fingerprint density at radius 2 is 1.77 bits per heavy atom. The van der Waals surface area contributed by atoms with Crippen LogP contribution in [0.25, 0.3) is 0 Å². The fraction of sp³-hybridized carbons (Fsp3) is 0.227. The van der Waals surface area contributed by atoms with E-state index in [1.165, 1.54) is 26.4 Å². The minimum Gasteiger partial charge on any atom is -0.493 e. The Balaban J connectivity index is 1.79. The molecule has 2 amide bonds. The van der Waals surface area contributed by atoms with Crippen LogP contribution in [0.1, 0.15) is 15.9 Å². The highest BCUT2D eigenvalue weighted by Crippen LogP contribution is 2.28. The number of esters is 1. The highest BCUT2D eigenvalue weighted by molar-refractivity contribution is 5.98. The first-order chi connectivity index (χ1) is 14.5. The van der Waals surface area contributed by atoms with Crippen molar-refractivity contribution in [2.45, 2.75) is 6.42 Å². The second-order valence-corrected chi connectivity index (χ2v) is 6.12. The van der Waals surface area contributed by atoms with Crippen LogP contribution >= 0.6 is 0 Å². The minimum absolute atomic E-state index is 0.158. The number of amides is 2. The lowest BCUT2D eigenvalue weighted by Gasteiger charge is -2.12. The van der Waals surface area contributed by atoms with E-state index < -0.39 is 5.97 Å². The van der Waals surface area contributed by atoms with Gasteiger partial charge in [0.1, 0.15) is 6.61 Å². The summed E-state index contributed by atoms with van der Waals surface area (Å²) in [5.41, 5.74) is 1.79. The van der Waals surface area contributed by atoms with E-state index in [-0.39, 0.29) is 24.8 Å². The van der Waals surface area contributed by atoms with Crippen molar-refractivity contribution in [3.63, 3.8) is 0 Å². The number of ether oxygens (including phenoxy) is 3. The molecule has 0 bridgehead atoms. The molecule has 30 heavy (non-hydrogen) atoms. The van der Waals surface area contributed by atoms with Gasteiger partial charge in [-0.15, -0.1) is 0 Å². The van der Waals surface area contributed by atoms with Gasteiger partial charge in [0, 0.05) is 5.69 Å². The first-order valence-electron chi connectivity index (χ1n) is 9.15. The van der Waals surface area contributed by atoms with Crippen LogP contribution in [-0.4, -0.2) is 45.2 Å². The van der Waals surface area contributed by atoms with Crippen molar-refractivity contribution in [3.8, 4) is 11.5 Å². The predicted molar refractivity (Wildman–Crippen MR) is 112 cm³/mol. The molecule has 2 aromatic carbocycles. The van der Waals surface area contributed by atoms with Gasteiger partial charge in [-0.3, -0.25) is 9.59 Å². The normalized spacial score (nSPS) is 9.93. The third-order valence-corrected chi connectivity index (χ3v) is 4.04. The molecule has 2 rings (SSSR count). The molecule has 0 heterocycles. The monoisotopic (exact) mass is 412 g/mol. The fourth-order valence-electron chi connectivity index (χ4n) is 2.53. The summed E-state index contributed by atoms with van der Waals surface area (Å²) >= 11 is 0. The number of nitrogens with one attached hydrogen (secondary N) is 2. The quantitative estimate of drug-likeness (QED) is 0.353. The molecule has 158 valence electrons. The number of hydrogen-bond acceptors (Lipinski definition) is 6. The van der Waals surface area contributed by atoms with Crippen molar-refractivity contribution < 1.29 is 28.6 Å². The first kappa shape index (κ1) is 22.5. The summed E-state index contributed by atoms with van der Waals surface area (Å²) in [6.45, 7) is 3.92. The van der Waals surface area contributed by atoms with Crippen molar-refractivity contribution in [2.24, 2.45) is 0 Å². The van der Waals surface area contributed by atoms with Crippen LogP contribution in [0, 0.1) is 0 Å². The standard InChI is InChI=1S/C22H24N2O6/c1-4-20(25)24-17-8-5-15(6-9-17)13-21(26)23-11-12-30-18-10-7-16(22(27)29-3)14-19(18)28-2/h4-10,14H,1,11-13H2,2-3H3,(H,23,26)(H,24,25). The molecule has 0 aromatic heterocycles. The third-order valence-electron chi connectivity index (χ3n) is 4.04. The van der Waals surface area contributed by atoms with Crippen LogP contribution in [0.2, 0.25) is 0 Å². The number of carbonyl (C=O) groups excluding carboxylic acids is 3. The van der Waals surface area contributed by atoms with Gasteiger partial charge in [-0.05, 0) is 42.0 Å². The Morgan fingerprint density at radius 1 is 1.03 bits per heavy atom. The Kier molecular flexibility index (Phi) is 8.43. The Labute approximate surface area is 174 Å². The molecule has 0 radical (unpaired) electrons. The van der Waals surface area contributed by atoms with Crippen molar-refractivity contribution in [2.75, 3.05) is 32.7 Å². The molecule has 2 aromatic rings. The second-order valence-electron chi connectivity index (χ2n) is 6.12. The smallest absolute Gasteiger partial charge is 0.337 e. The van der Waals surface area contributed by atoms with Gasteiger partial charge in [0.05, 0.1) is 32.7 Å². The lowest BCUT2D eigenvalue weighted by molar-refractivity contribution is -0.120. The number of carbonyl (C=O) groups is 3. The minimum atomic E-state index is -0.469. The van der Waals surface area contributed by atoms with Crippen molar-refractivity contribution in [1.82, 2.24) is 5.32 Å². The summed E-state index contributed by atoms with van der Waals surface area (Å²) in [6, 6.07) is 11.7. The average Bonchev–Trinajstić information content (AvgIpc) is 2.77. The Hall–Kier alpha value is -3.81. The van der Waals surface area contributed by atoms with Gasteiger partial charge in [0.15, 0.2) is 11.5 Å². The van der Waals surface area contributed by atoms with E-state index in [2.05, 4.69) is 21.9 Å². The maximum absolute atomic E-state index is 12.1. The van der Waals surface area contributed by atoms with Gasteiger partial charge < -0.3 is 24.8 Å². The summed E-state index contributed by atoms with van der Waals surface area (Å²) < 4.78 is 15.5. The Bertz CT molecular complexity index is 908. The largest absolute Gasteiger partial charge is 0.493 e. The topological polar surface area (TPSA) is 103 Å². The highest BCUT2D eigenvalue weighted by atomic mass is 16.5. The summed E-state index contributed by atoms with van der Waals surface area (Å²) in [6.07, 6.45) is 1.39. The SMILES string of the molecule is C=CC(=O)Nc1ccc(CC(=O)NCCOc2ccc(C(=O)OC)cc2OC)cc1. The fourth-order valence-corrected chi connectivity index (χ4v) is 2.53. The third kappa shape index (κ3) is 6.66. The second kappa shape index (κ2) is 11.3. The van der Waals surface area contributed by atoms with E-state index in [0.717, 1.165) is 5.56 Å². The molecule has 0 aliphatic heterocycles. The summed E-state index contributed by atoms with van der Waals surface area (Å²) in [5, 5.41) is 5.41. The van der Waals surface area contributed by atoms with E-state index in [0.29, 0.717) is 29.3 Å². The molecular weight excluding hydrogens is 388 g/mol. The van der Waals surface area contributed by atoms with Gasteiger partial charge in [-0.25, -0.2) is 4.79 Å². The van der Waals surface area contributed by atoms with Gasteiger partial charge in [-0.1, -0.05) is 18.7 Å². The van der Waals surface area contributed by atoms with Crippen molar-refractivity contribution in [3.05, 3.63) is 66.2 Å². The van der Waals surface area contributed by atoms with E-state index in [4.69, 9.17) is 9.47 Å². The Morgan fingerprint density at radius 3 is 2.40 bits per heavy atom. The molecule has 8 nitrogen and oxygen atoms in total. The zero-order chi connectivity index (χ0) is 21.9. The number of anilines is 1. The van der Waals surface area contributed by atoms with E-state index in [1.54, 1.807) is 36.4 Å². The van der Waals surface area contributed by atoms with Crippen molar-refractivity contribution in [1.29, 1.82) is 0 Å². The van der Waals surface area contributed by atoms with Crippen LogP contribution in [0.4, 0.5) is 5.69 Å². The highest BCUT2D eigenvalue weighted by Gasteiger charge is 2.11. The lowest BCUT2D eigenvalue weighted by Crippen LogP contribution is -2.29. The molecule has 0 unspecified atom stereocenters. The molecular formula is C22H24N2O6. The zero-order valence-corrected chi connectivity index (χ0v) is 16.9. The van der Waals surface area contributed by atoms with E-state index in [9.17, 15) is 14.4 Å². The molecule has 0 aliphatic carbocycles. The molecule has 0 fully saturated rings. The van der Waals surface area contributed by atoms with E-state index >= 15 is 0 Å². The first-order valence-corrected chi connectivity index (χ1v) is 9.15. The summed E-state index contributed by atoms with van der Waals surface area (Å²) in [7, 11) is 2.77. The number of rotatable bonds is 10. The maximum atomic E-state index is 12.1. The van der Waals surface area contributed by atoms with Crippen LogP contribution < -0.4 is 20.1 Å². The van der Waals surface area contributed by atoms with Crippen LogP contribution in [0.5, 0.6) is 11.5 Å². The molecule has 0 aliphatic rings. The van der Waals surface area contributed by atoms with Gasteiger partial charge in [-0.2, -0.15) is 0 Å².